The van der Waals surface area contributed by atoms with Gasteiger partial charge in [-0.2, -0.15) is 4.98 Å². The zero-order valence-electron chi connectivity index (χ0n) is 17.3. The molecule has 0 spiro atoms. The Morgan fingerprint density at radius 2 is 1.72 bits per heavy atom. The first-order valence-corrected chi connectivity index (χ1v) is 10.2. The molecule has 6 nitrogen and oxygen atoms in total. The topological polar surface area (TPSA) is 71.8 Å². The number of nitrogens with one attached hydrogen (secondary N) is 2. The maximum absolute atomic E-state index is 13.5. The van der Waals surface area contributed by atoms with E-state index in [9.17, 15) is 9.18 Å². The second-order valence-electron chi connectivity index (χ2n) is 7.59. The van der Waals surface area contributed by atoms with Gasteiger partial charge in [0, 0.05) is 11.3 Å². The molecule has 0 radical (unpaired) electrons. The van der Waals surface area contributed by atoms with Crippen molar-refractivity contribution in [2.24, 2.45) is 0 Å². The number of hydrogen-bond acceptors (Lipinski definition) is 4. The van der Waals surface area contributed by atoms with E-state index >= 15 is 0 Å². The molecule has 7 heteroatoms. The first-order chi connectivity index (χ1) is 15.6. The molecule has 4 aromatic rings. The van der Waals surface area contributed by atoms with Crippen molar-refractivity contribution < 1.29 is 9.18 Å². The molecule has 0 saturated heterocycles. The van der Waals surface area contributed by atoms with E-state index in [0.717, 1.165) is 22.4 Å². The van der Waals surface area contributed by atoms with Gasteiger partial charge in [0.15, 0.2) is 0 Å². The van der Waals surface area contributed by atoms with Crippen LogP contribution in [-0.4, -0.2) is 20.7 Å². The summed E-state index contributed by atoms with van der Waals surface area (Å²) >= 11 is 0. The summed E-state index contributed by atoms with van der Waals surface area (Å²) in [5.41, 5.74) is 4.38. The number of carbonyl (C=O) groups excluding carboxylic acids is 1. The number of aromatic nitrogens is 3. The van der Waals surface area contributed by atoms with Crippen molar-refractivity contribution in [1.82, 2.24) is 14.8 Å². The zero-order valence-corrected chi connectivity index (χ0v) is 17.3. The van der Waals surface area contributed by atoms with Gasteiger partial charge < -0.3 is 5.32 Å². The van der Waals surface area contributed by atoms with E-state index < -0.39 is 0 Å². The Bertz CT molecular complexity index is 1290. The molecule has 0 unspecified atom stereocenters. The van der Waals surface area contributed by atoms with Crippen LogP contribution in [0.4, 0.5) is 16.3 Å². The highest BCUT2D eigenvalue weighted by Crippen LogP contribution is 2.33. The highest BCUT2D eigenvalue weighted by Gasteiger charge is 2.26. The molecule has 1 atom stereocenters. The molecule has 0 bridgehead atoms. The predicted octanol–water partition coefficient (Wildman–Crippen LogP) is 5.03. The number of anilines is 2. The summed E-state index contributed by atoms with van der Waals surface area (Å²) in [6.07, 6.45) is 2.02. The minimum absolute atomic E-state index is 0.187. The Hall–Kier alpha value is -4.26. The van der Waals surface area contributed by atoms with E-state index in [1.807, 2.05) is 43.3 Å². The van der Waals surface area contributed by atoms with Crippen LogP contribution in [0.1, 0.15) is 33.1 Å². The molecule has 32 heavy (non-hydrogen) atoms. The second kappa shape index (κ2) is 8.11. The van der Waals surface area contributed by atoms with Gasteiger partial charge in [0.05, 0.1) is 0 Å². The molecular weight excluding hydrogens is 405 g/mol. The van der Waals surface area contributed by atoms with Gasteiger partial charge in [-0.3, -0.25) is 10.1 Å². The largest absolute Gasteiger partial charge is 0.324 e. The summed E-state index contributed by atoms with van der Waals surface area (Å²) in [6.45, 7) is 2.03. The number of amides is 1. The lowest BCUT2D eigenvalue weighted by Crippen LogP contribution is -2.20. The number of allylic oxidation sites excluding steroid dienone is 1. The van der Waals surface area contributed by atoms with Gasteiger partial charge >= 0.3 is 0 Å². The first-order valence-electron chi connectivity index (χ1n) is 10.2. The molecule has 1 aliphatic heterocycles. The number of rotatable bonds is 4. The van der Waals surface area contributed by atoms with Crippen molar-refractivity contribution in [3.8, 4) is 0 Å². The third-order valence-corrected chi connectivity index (χ3v) is 5.30. The van der Waals surface area contributed by atoms with Gasteiger partial charge in [-0.15, -0.1) is 5.10 Å². The fourth-order valence-electron chi connectivity index (χ4n) is 3.61. The monoisotopic (exact) mass is 425 g/mol. The third kappa shape index (κ3) is 3.88. The number of aryl methyl sites for hydroxylation is 1. The van der Waals surface area contributed by atoms with Crippen LogP contribution in [0.15, 0.2) is 84.9 Å². The van der Waals surface area contributed by atoms with Gasteiger partial charge in [-0.25, -0.2) is 9.07 Å². The fraction of sp³-hybridized carbons (Fsp3) is 0.0800. The van der Waals surface area contributed by atoms with Crippen molar-refractivity contribution in [3.63, 3.8) is 0 Å². The highest BCUT2D eigenvalue weighted by atomic mass is 19.1. The molecule has 5 rings (SSSR count). The molecule has 3 aromatic carbocycles. The summed E-state index contributed by atoms with van der Waals surface area (Å²) in [7, 11) is 0. The number of benzene rings is 3. The minimum atomic E-state index is -0.321. The van der Waals surface area contributed by atoms with Crippen molar-refractivity contribution in [2.75, 3.05) is 10.6 Å². The van der Waals surface area contributed by atoms with Crippen LogP contribution in [0.25, 0.3) is 5.70 Å². The third-order valence-electron chi connectivity index (χ3n) is 5.30. The van der Waals surface area contributed by atoms with E-state index in [1.165, 1.54) is 12.1 Å². The molecule has 1 aliphatic rings. The number of hydrogen-bond donors (Lipinski definition) is 2. The normalized spacial score (nSPS) is 14.8. The van der Waals surface area contributed by atoms with Gasteiger partial charge in [0.25, 0.3) is 11.9 Å². The lowest BCUT2D eigenvalue weighted by Gasteiger charge is -2.24. The lowest BCUT2D eigenvalue weighted by molar-refractivity contribution is 0.102. The quantitative estimate of drug-likeness (QED) is 0.481. The van der Waals surface area contributed by atoms with Crippen molar-refractivity contribution in [2.45, 2.75) is 13.0 Å². The van der Waals surface area contributed by atoms with E-state index in [4.69, 9.17) is 0 Å². The molecule has 0 aliphatic carbocycles. The summed E-state index contributed by atoms with van der Waals surface area (Å²) in [4.78, 5) is 17.1. The summed E-state index contributed by atoms with van der Waals surface area (Å²) in [6, 6.07) is 23.0. The van der Waals surface area contributed by atoms with Crippen molar-refractivity contribution in [1.29, 1.82) is 0 Å². The Labute approximate surface area is 184 Å². The van der Waals surface area contributed by atoms with Crippen LogP contribution in [0.5, 0.6) is 0 Å². The number of fused-ring (bicyclic) bond motifs is 1. The Morgan fingerprint density at radius 3 is 2.44 bits per heavy atom. The molecule has 1 aromatic heterocycles. The van der Waals surface area contributed by atoms with Crippen LogP contribution < -0.4 is 10.6 Å². The summed E-state index contributed by atoms with van der Waals surface area (Å²) < 4.78 is 15.2. The van der Waals surface area contributed by atoms with Crippen molar-refractivity contribution in [3.05, 3.63) is 113 Å². The minimum Gasteiger partial charge on any atom is -0.324 e. The van der Waals surface area contributed by atoms with Crippen LogP contribution in [0, 0.1) is 12.7 Å². The standard InChI is InChI=1S/C25H20FN5O/c1-16-7-9-17(10-8-16)21-15-22(18-11-13-20(26)14-12-18)31-25(27-21)29-24(30-31)28-23(32)19-5-3-2-4-6-19/h2-15,22H,1H3,(H2,27,28,29,30,32)/t22-/m1/s1. The average Bonchev–Trinajstić information content (AvgIpc) is 3.22. The average molecular weight is 425 g/mol. The smallest absolute Gasteiger partial charge is 0.258 e. The van der Waals surface area contributed by atoms with Crippen LogP contribution >= 0.6 is 0 Å². The Balaban J connectivity index is 1.51. The molecular formula is C25H20FN5O. The SMILES string of the molecule is Cc1ccc(C2=C[C@H](c3ccc(F)cc3)n3nc(NC(=O)c4ccccc4)nc3N2)cc1. The predicted molar refractivity (Wildman–Crippen MR) is 122 cm³/mol. The van der Waals surface area contributed by atoms with E-state index in [2.05, 4.69) is 20.7 Å². The molecule has 0 saturated carbocycles. The fourth-order valence-corrected chi connectivity index (χ4v) is 3.61. The van der Waals surface area contributed by atoms with Gasteiger partial charge in [-0.1, -0.05) is 60.2 Å². The lowest BCUT2D eigenvalue weighted by atomic mass is 10.0. The van der Waals surface area contributed by atoms with Crippen LogP contribution in [0.3, 0.4) is 0 Å². The van der Waals surface area contributed by atoms with E-state index in [-0.39, 0.29) is 23.7 Å². The zero-order chi connectivity index (χ0) is 22.1. The van der Waals surface area contributed by atoms with Crippen LogP contribution in [0.2, 0.25) is 0 Å². The molecule has 0 fully saturated rings. The maximum atomic E-state index is 13.5. The number of halogens is 1. The first kappa shape index (κ1) is 19.7. The second-order valence-corrected chi connectivity index (χ2v) is 7.59. The van der Waals surface area contributed by atoms with E-state index in [1.54, 1.807) is 41.1 Å². The van der Waals surface area contributed by atoms with Gasteiger partial charge in [0.1, 0.15) is 11.9 Å². The molecule has 158 valence electrons. The van der Waals surface area contributed by atoms with Crippen LogP contribution in [-0.2, 0) is 0 Å². The van der Waals surface area contributed by atoms with E-state index in [0.29, 0.717) is 11.5 Å². The maximum Gasteiger partial charge on any atom is 0.258 e. The summed E-state index contributed by atoms with van der Waals surface area (Å²) in [5, 5.41) is 10.6. The summed E-state index contributed by atoms with van der Waals surface area (Å²) in [5.74, 6) is 0.0754. The van der Waals surface area contributed by atoms with Gasteiger partial charge in [-0.05, 0) is 48.4 Å². The number of nitrogens with zero attached hydrogens (tertiary/aromatic N) is 3. The highest BCUT2D eigenvalue weighted by molar-refractivity contribution is 6.03. The van der Waals surface area contributed by atoms with Gasteiger partial charge in [0.2, 0.25) is 5.95 Å². The molecule has 2 N–H and O–H groups in total. The molecule has 1 amide bonds. The Morgan fingerprint density at radius 1 is 1.00 bits per heavy atom. The Kier molecular flexibility index (Phi) is 4.99. The number of carbonyl (C=O) groups is 1. The molecule has 2 heterocycles. The van der Waals surface area contributed by atoms with Crippen molar-refractivity contribution >= 4 is 23.5 Å².